The summed E-state index contributed by atoms with van der Waals surface area (Å²) >= 11 is 3.25. The molecule has 4 heteroatoms. The molecule has 0 aromatic carbocycles. The quantitative estimate of drug-likeness (QED) is 0.804. The van der Waals surface area contributed by atoms with Crippen LogP contribution in [0.4, 0.5) is 0 Å². The lowest BCUT2D eigenvalue weighted by molar-refractivity contribution is 0.460. The van der Waals surface area contributed by atoms with Gasteiger partial charge in [0.25, 0.3) is 0 Å². The van der Waals surface area contributed by atoms with E-state index in [-0.39, 0.29) is 5.41 Å². The van der Waals surface area contributed by atoms with E-state index < -0.39 is 0 Å². The van der Waals surface area contributed by atoms with Crippen LogP contribution in [0.1, 0.15) is 38.4 Å². The molecule has 1 aromatic rings. The molecule has 0 aliphatic heterocycles. The molecule has 1 N–H and O–H groups in total. The number of rotatable bonds is 1. The molecule has 1 fully saturated rings. The Kier molecular flexibility index (Phi) is 1.94. The number of hydrogen-bond donors (Lipinski definition) is 1. The van der Waals surface area contributed by atoms with Crippen molar-refractivity contribution in [2.75, 3.05) is 0 Å². The molecule has 12 heavy (non-hydrogen) atoms. The summed E-state index contributed by atoms with van der Waals surface area (Å²) in [6.45, 7) is 2.26. The van der Waals surface area contributed by atoms with E-state index in [1.165, 1.54) is 25.7 Å². The van der Waals surface area contributed by atoms with E-state index in [9.17, 15) is 0 Å². The first-order valence-corrected chi connectivity index (χ1v) is 5.08. The van der Waals surface area contributed by atoms with E-state index in [0.717, 1.165) is 5.82 Å². The van der Waals surface area contributed by atoms with E-state index in [4.69, 9.17) is 0 Å². The topological polar surface area (TPSA) is 41.6 Å². The molecule has 1 aromatic heterocycles. The number of nitrogens with one attached hydrogen (secondary N) is 1. The molecule has 1 aliphatic rings. The SMILES string of the molecule is CC1(c2nc(Br)n[nH]2)CCCC1. The Bertz CT molecular complexity index is 276. The summed E-state index contributed by atoms with van der Waals surface area (Å²) in [6, 6.07) is 0. The van der Waals surface area contributed by atoms with Gasteiger partial charge in [-0.2, -0.15) is 0 Å². The molecule has 1 saturated carbocycles. The Morgan fingerprint density at radius 3 is 2.58 bits per heavy atom. The third-order valence-corrected chi connectivity index (χ3v) is 3.09. The van der Waals surface area contributed by atoms with Gasteiger partial charge in [-0.25, -0.2) is 4.98 Å². The molecule has 0 spiro atoms. The fraction of sp³-hybridized carbons (Fsp3) is 0.750. The molecule has 0 saturated heterocycles. The summed E-state index contributed by atoms with van der Waals surface area (Å²) in [6.07, 6.45) is 5.09. The predicted octanol–water partition coefficient (Wildman–Crippen LogP) is 2.40. The number of halogens is 1. The molecular formula is C8H12BrN3. The number of hydrogen-bond acceptors (Lipinski definition) is 2. The second-order valence-corrected chi connectivity index (χ2v) is 4.43. The molecule has 3 nitrogen and oxygen atoms in total. The standard InChI is InChI=1S/C8H12BrN3/c1-8(4-2-3-5-8)6-10-7(9)12-11-6/h2-5H2,1H3,(H,10,11,12). The zero-order chi connectivity index (χ0) is 8.60. The number of nitrogens with zero attached hydrogens (tertiary/aromatic N) is 2. The van der Waals surface area contributed by atoms with Gasteiger partial charge in [0.05, 0.1) is 0 Å². The van der Waals surface area contributed by atoms with Gasteiger partial charge in [0.15, 0.2) is 0 Å². The maximum absolute atomic E-state index is 4.31. The molecule has 0 bridgehead atoms. The van der Waals surface area contributed by atoms with Crippen LogP contribution in [0, 0.1) is 0 Å². The van der Waals surface area contributed by atoms with E-state index >= 15 is 0 Å². The fourth-order valence-electron chi connectivity index (χ4n) is 1.90. The average Bonchev–Trinajstić information content (AvgIpc) is 2.59. The first kappa shape index (κ1) is 8.23. The molecule has 1 aliphatic carbocycles. The van der Waals surface area contributed by atoms with E-state index in [0.29, 0.717) is 4.73 Å². The average molecular weight is 230 g/mol. The lowest BCUT2D eigenvalue weighted by atomic mass is 9.88. The van der Waals surface area contributed by atoms with Gasteiger partial charge in [-0.3, -0.25) is 5.10 Å². The Morgan fingerprint density at radius 1 is 1.42 bits per heavy atom. The summed E-state index contributed by atoms with van der Waals surface area (Å²) in [5.41, 5.74) is 0.249. The lowest BCUT2D eigenvalue weighted by Crippen LogP contribution is -2.18. The van der Waals surface area contributed by atoms with E-state index in [2.05, 4.69) is 38.0 Å². The lowest BCUT2D eigenvalue weighted by Gasteiger charge is -2.18. The van der Waals surface area contributed by atoms with E-state index in [1.807, 2.05) is 0 Å². The van der Waals surface area contributed by atoms with Crippen molar-refractivity contribution in [1.82, 2.24) is 15.2 Å². The van der Waals surface area contributed by atoms with Crippen LogP contribution in [-0.2, 0) is 5.41 Å². The highest BCUT2D eigenvalue weighted by Crippen LogP contribution is 2.38. The molecular weight excluding hydrogens is 218 g/mol. The normalized spacial score (nSPS) is 21.5. The molecule has 1 heterocycles. The van der Waals surface area contributed by atoms with Gasteiger partial charge >= 0.3 is 0 Å². The Hall–Kier alpha value is -0.380. The van der Waals surface area contributed by atoms with Gasteiger partial charge in [0.1, 0.15) is 5.82 Å². The zero-order valence-electron chi connectivity index (χ0n) is 7.10. The smallest absolute Gasteiger partial charge is 0.217 e. The monoisotopic (exact) mass is 229 g/mol. The first-order chi connectivity index (χ1) is 5.71. The van der Waals surface area contributed by atoms with Crippen LogP contribution in [0.25, 0.3) is 0 Å². The van der Waals surface area contributed by atoms with Gasteiger partial charge in [-0.1, -0.05) is 19.8 Å². The van der Waals surface area contributed by atoms with Crippen molar-refractivity contribution < 1.29 is 0 Å². The van der Waals surface area contributed by atoms with Gasteiger partial charge in [-0.15, -0.1) is 5.10 Å². The third-order valence-electron chi connectivity index (χ3n) is 2.74. The molecule has 0 unspecified atom stereocenters. The van der Waals surface area contributed by atoms with E-state index in [1.54, 1.807) is 0 Å². The highest BCUT2D eigenvalue weighted by Gasteiger charge is 2.33. The van der Waals surface area contributed by atoms with Gasteiger partial charge < -0.3 is 0 Å². The zero-order valence-corrected chi connectivity index (χ0v) is 8.69. The molecule has 66 valence electrons. The van der Waals surface area contributed by atoms with Crippen LogP contribution in [-0.4, -0.2) is 15.2 Å². The van der Waals surface area contributed by atoms with Crippen LogP contribution >= 0.6 is 15.9 Å². The first-order valence-electron chi connectivity index (χ1n) is 4.29. The highest BCUT2D eigenvalue weighted by molar-refractivity contribution is 9.10. The maximum atomic E-state index is 4.31. The summed E-state index contributed by atoms with van der Waals surface area (Å²) < 4.78 is 0.672. The van der Waals surface area contributed by atoms with Gasteiger partial charge in [0, 0.05) is 5.41 Å². The predicted molar refractivity (Wildman–Crippen MR) is 49.9 cm³/mol. The molecule has 0 atom stereocenters. The third kappa shape index (κ3) is 1.28. The van der Waals surface area contributed by atoms with Gasteiger partial charge in [-0.05, 0) is 28.8 Å². The summed E-state index contributed by atoms with van der Waals surface area (Å²) in [4.78, 5) is 4.31. The Morgan fingerprint density at radius 2 is 2.08 bits per heavy atom. The van der Waals surface area contributed by atoms with Crippen molar-refractivity contribution in [3.8, 4) is 0 Å². The molecule has 2 rings (SSSR count). The van der Waals surface area contributed by atoms with Crippen LogP contribution in [0.15, 0.2) is 4.73 Å². The van der Waals surface area contributed by atoms with Crippen molar-refractivity contribution in [2.45, 2.75) is 38.0 Å². The van der Waals surface area contributed by atoms with Crippen LogP contribution in [0.5, 0.6) is 0 Å². The second-order valence-electron chi connectivity index (χ2n) is 3.72. The van der Waals surface area contributed by atoms with Crippen molar-refractivity contribution in [2.24, 2.45) is 0 Å². The minimum atomic E-state index is 0.249. The van der Waals surface area contributed by atoms with Crippen molar-refractivity contribution in [3.05, 3.63) is 10.6 Å². The fourth-order valence-corrected chi connectivity index (χ4v) is 2.17. The van der Waals surface area contributed by atoms with Crippen LogP contribution < -0.4 is 0 Å². The van der Waals surface area contributed by atoms with Crippen molar-refractivity contribution in [1.29, 1.82) is 0 Å². The minimum Gasteiger partial charge on any atom is -0.262 e. The summed E-state index contributed by atoms with van der Waals surface area (Å²) in [5, 5.41) is 6.97. The minimum absolute atomic E-state index is 0.249. The summed E-state index contributed by atoms with van der Waals surface area (Å²) in [7, 11) is 0. The second kappa shape index (κ2) is 2.83. The maximum Gasteiger partial charge on any atom is 0.217 e. The molecule has 0 radical (unpaired) electrons. The van der Waals surface area contributed by atoms with Crippen LogP contribution in [0.3, 0.4) is 0 Å². The number of H-pyrrole nitrogens is 1. The van der Waals surface area contributed by atoms with Crippen molar-refractivity contribution in [3.63, 3.8) is 0 Å². The Labute approximate surface area is 80.1 Å². The van der Waals surface area contributed by atoms with Gasteiger partial charge in [0.2, 0.25) is 4.73 Å². The Balaban J connectivity index is 2.28. The van der Waals surface area contributed by atoms with Crippen LogP contribution in [0.2, 0.25) is 0 Å². The number of aromatic nitrogens is 3. The largest absolute Gasteiger partial charge is 0.262 e. The number of aromatic amines is 1. The van der Waals surface area contributed by atoms with Crippen molar-refractivity contribution >= 4 is 15.9 Å². The highest BCUT2D eigenvalue weighted by atomic mass is 79.9. The molecule has 0 amide bonds. The summed E-state index contributed by atoms with van der Waals surface area (Å²) in [5.74, 6) is 1.03.